The number of benzene rings is 1. The van der Waals surface area contributed by atoms with Gasteiger partial charge in [-0.2, -0.15) is 13.4 Å². The molecule has 1 aromatic carbocycles. The standard InChI is InChI=1S/C15H15N5O4S/c1-8-6-16-14-17-15(18-20(14)7-8)25(23,24)19-12-10(3)9(2)4-5-11(12)13(21)22/h4-7,19H,1-3H3,(H,21,22)/p-1. The van der Waals surface area contributed by atoms with Crippen LogP contribution in [0.3, 0.4) is 0 Å². The number of carboxylic acid groups (broad SMARTS) is 1. The van der Waals surface area contributed by atoms with Crippen molar-refractivity contribution < 1.29 is 18.3 Å². The van der Waals surface area contributed by atoms with Crippen LogP contribution in [-0.2, 0) is 10.0 Å². The van der Waals surface area contributed by atoms with E-state index in [-0.39, 0.29) is 17.0 Å². The van der Waals surface area contributed by atoms with Crippen molar-refractivity contribution in [1.29, 1.82) is 0 Å². The second-order valence-corrected chi connectivity index (χ2v) is 7.17. The lowest BCUT2D eigenvalue weighted by molar-refractivity contribution is -0.254. The highest BCUT2D eigenvalue weighted by atomic mass is 32.2. The molecule has 0 aliphatic carbocycles. The lowest BCUT2D eigenvalue weighted by atomic mass is 10.0. The second kappa shape index (κ2) is 5.81. The molecule has 9 nitrogen and oxygen atoms in total. The summed E-state index contributed by atoms with van der Waals surface area (Å²) in [5.41, 5.74) is 1.65. The average molecular weight is 360 g/mol. The van der Waals surface area contributed by atoms with Crippen LogP contribution in [0.15, 0.2) is 29.7 Å². The van der Waals surface area contributed by atoms with E-state index < -0.39 is 21.1 Å². The number of sulfonamides is 1. The van der Waals surface area contributed by atoms with E-state index >= 15 is 0 Å². The van der Waals surface area contributed by atoms with Gasteiger partial charge in [0, 0.05) is 18.0 Å². The fourth-order valence-electron chi connectivity index (χ4n) is 2.27. The van der Waals surface area contributed by atoms with Gasteiger partial charge in [0.05, 0.1) is 11.7 Å². The Morgan fingerprint density at radius 2 is 1.96 bits per heavy atom. The van der Waals surface area contributed by atoms with E-state index in [1.54, 1.807) is 33.0 Å². The quantitative estimate of drug-likeness (QED) is 0.704. The van der Waals surface area contributed by atoms with Crippen LogP contribution >= 0.6 is 0 Å². The van der Waals surface area contributed by atoms with Gasteiger partial charge >= 0.3 is 0 Å². The normalized spacial score (nSPS) is 11.6. The highest BCUT2D eigenvalue weighted by Crippen LogP contribution is 2.26. The van der Waals surface area contributed by atoms with Crippen molar-refractivity contribution in [2.24, 2.45) is 0 Å². The van der Waals surface area contributed by atoms with E-state index in [2.05, 4.69) is 19.8 Å². The zero-order valence-electron chi connectivity index (χ0n) is 13.6. The van der Waals surface area contributed by atoms with E-state index in [1.165, 1.54) is 16.8 Å². The molecular weight excluding hydrogens is 346 g/mol. The molecule has 0 saturated heterocycles. The predicted octanol–water partition coefficient (Wildman–Crippen LogP) is 0.214. The number of rotatable bonds is 4. The van der Waals surface area contributed by atoms with Crippen LogP contribution in [-0.4, -0.2) is 34.0 Å². The van der Waals surface area contributed by atoms with Crippen molar-refractivity contribution in [3.63, 3.8) is 0 Å². The van der Waals surface area contributed by atoms with Gasteiger partial charge in [0.1, 0.15) is 0 Å². The highest BCUT2D eigenvalue weighted by molar-refractivity contribution is 7.92. The summed E-state index contributed by atoms with van der Waals surface area (Å²) in [6.07, 6.45) is 3.12. The number of aromatic carboxylic acids is 1. The first kappa shape index (κ1) is 16.8. The fourth-order valence-corrected chi connectivity index (χ4v) is 3.29. The Morgan fingerprint density at radius 3 is 2.64 bits per heavy atom. The smallest absolute Gasteiger partial charge is 0.299 e. The van der Waals surface area contributed by atoms with Gasteiger partial charge < -0.3 is 9.90 Å². The Balaban J connectivity index is 2.10. The summed E-state index contributed by atoms with van der Waals surface area (Å²) in [4.78, 5) is 19.2. The van der Waals surface area contributed by atoms with Crippen molar-refractivity contribution in [3.05, 3.63) is 46.8 Å². The number of aromatic nitrogens is 4. The predicted molar refractivity (Wildman–Crippen MR) is 86.6 cm³/mol. The van der Waals surface area contributed by atoms with Crippen molar-refractivity contribution in [3.8, 4) is 0 Å². The van der Waals surface area contributed by atoms with Crippen molar-refractivity contribution in [1.82, 2.24) is 19.6 Å². The van der Waals surface area contributed by atoms with Crippen LogP contribution in [0, 0.1) is 20.8 Å². The number of anilines is 1. The molecule has 0 aliphatic rings. The summed E-state index contributed by atoms with van der Waals surface area (Å²) in [5, 5.41) is 14.7. The van der Waals surface area contributed by atoms with E-state index in [9.17, 15) is 18.3 Å². The molecule has 0 spiro atoms. The first-order valence-electron chi connectivity index (χ1n) is 7.22. The largest absolute Gasteiger partial charge is 0.545 e. The van der Waals surface area contributed by atoms with E-state index in [0.717, 1.165) is 11.1 Å². The summed E-state index contributed by atoms with van der Waals surface area (Å²) in [6, 6.07) is 2.87. The zero-order valence-corrected chi connectivity index (χ0v) is 14.5. The molecule has 130 valence electrons. The number of carboxylic acids is 1. The van der Waals surface area contributed by atoms with Crippen molar-refractivity contribution >= 4 is 27.5 Å². The molecule has 0 aliphatic heterocycles. The summed E-state index contributed by atoms with van der Waals surface area (Å²) in [7, 11) is -4.21. The van der Waals surface area contributed by atoms with Crippen LogP contribution < -0.4 is 9.83 Å². The Labute approximate surface area is 143 Å². The Hall–Kier alpha value is -3.01. The molecule has 0 amide bonds. The van der Waals surface area contributed by atoms with Gasteiger partial charge in [0.2, 0.25) is 0 Å². The van der Waals surface area contributed by atoms with Crippen LogP contribution in [0.4, 0.5) is 5.69 Å². The minimum atomic E-state index is -4.21. The third kappa shape index (κ3) is 3.03. The number of carbonyl (C=O) groups is 1. The maximum atomic E-state index is 12.6. The Morgan fingerprint density at radius 1 is 1.24 bits per heavy atom. The highest BCUT2D eigenvalue weighted by Gasteiger charge is 2.24. The van der Waals surface area contributed by atoms with Gasteiger partial charge in [-0.15, -0.1) is 5.10 Å². The molecule has 0 bridgehead atoms. The van der Waals surface area contributed by atoms with E-state index in [0.29, 0.717) is 5.56 Å². The molecule has 3 rings (SSSR count). The molecule has 25 heavy (non-hydrogen) atoms. The molecule has 3 aromatic rings. The van der Waals surface area contributed by atoms with Gasteiger partial charge in [-0.1, -0.05) is 12.1 Å². The van der Waals surface area contributed by atoms with Gasteiger partial charge in [0.15, 0.2) is 0 Å². The Kier molecular flexibility index (Phi) is 3.91. The minimum Gasteiger partial charge on any atom is -0.545 e. The number of nitrogens with one attached hydrogen (secondary N) is 1. The van der Waals surface area contributed by atoms with Crippen LogP contribution in [0.5, 0.6) is 0 Å². The molecule has 1 N–H and O–H groups in total. The Bertz CT molecular complexity index is 1100. The number of fused-ring (bicyclic) bond motifs is 1. The fraction of sp³-hybridized carbons (Fsp3) is 0.200. The van der Waals surface area contributed by atoms with Crippen LogP contribution in [0.1, 0.15) is 27.0 Å². The number of carbonyl (C=O) groups excluding carboxylic acids is 1. The zero-order chi connectivity index (χ0) is 18.4. The van der Waals surface area contributed by atoms with Gasteiger partial charge in [-0.25, -0.2) is 9.50 Å². The van der Waals surface area contributed by atoms with Gasteiger partial charge in [-0.3, -0.25) is 4.72 Å². The van der Waals surface area contributed by atoms with E-state index in [1.807, 2.05) is 0 Å². The number of aryl methyl sites for hydroxylation is 2. The lowest BCUT2D eigenvalue weighted by Gasteiger charge is -2.16. The van der Waals surface area contributed by atoms with Gasteiger partial charge in [0.25, 0.3) is 21.0 Å². The first-order valence-corrected chi connectivity index (χ1v) is 8.71. The molecule has 2 heterocycles. The molecule has 0 saturated carbocycles. The molecule has 0 radical (unpaired) electrons. The maximum absolute atomic E-state index is 12.6. The summed E-state index contributed by atoms with van der Waals surface area (Å²) in [6.45, 7) is 5.13. The topological polar surface area (TPSA) is 129 Å². The third-order valence-electron chi connectivity index (χ3n) is 3.74. The SMILES string of the molecule is Cc1cnc2nc(S(=O)(=O)Nc3c(C(=O)[O-])ccc(C)c3C)nn2c1. The van der Waals surface area contributed by atoms with E-state index in [4.69, 9.17) is 0 Å². The number of hydrogen-bond acceptors (Lipinski definition) is 7. The van der Waals surface area contributed by atoms with Crippen molar-refractivity contribution in [2.45, 2.75) is 25.9 Å². The van der Waals surface area contributed by atoms with Crippen LogP contribution in [0.25, 0.3) is 5.78 Å². The molecule has 10 heteroatoms. The monoisotopic (exact) mass is 360 g/mol. The number of hydrogen-bond donors (Lipinski definition) is 1. The van der Waals surface area contributed by atoms with Gasteiger partial charge in [-0.05, 0) is 37.5 Å². The minimum absolute atomic E-state index is 0.0667. The maximum Gasteiger partial charge on any atom is 0.299 e. The second-order valence-electron chi connectivity index (χ2n) is 5.59. The molecule has 0 unspecified atom stereocenters. The summed E-state index contributed by atoms with van der Waals surface area (Å²) in [5.74, 6) is -1.37. The molecule has 0 fully saturated rings. The van der Waals surface area contributed by atoms with Crippen molar-refractivity contribution in [2.75, 3.05) is 4.72 Å². The summed E-state index contributed by atoms with van der Waals surface area (Å²) >= 11 is 0. The van der Waals surface area contributed by atoms with Crippen LogP contribution in [0.2, 0.25) is 0 Å². The number of nitrogens with zero attached hydrogens (tertiary/aromatic N) is 4. The third-order valence-corrected chi connectivity index (χ3v) is 4.86. The molecule has 0 atom stereocenters. The molecule has 2 aromatic heterocycles. The average Bonchev–Trinajstić information content (AvgIpc) is 2.95. The lowest BCUT2D eigenvalue weighted by Crippen LogP contribution is -2.26. The molecular formula is C15H14N5O4S-. The first-order chi connectivity index (χ1) is 11.7. The summed E-state index contributed by atoms with van der Waals surface area (Å²) < 4.78 is 28.7.